The molecule has 0 aromatic carbocycles. The second-order valence-corrected chi connectivity index (χ2v) is 8.70. The lowest BCUT2D eigenvalue weighted by Gasteiger charge is -2.31. The average Bonchev–Trinajstić information content (AvgIpc) is 2.22. The third-order valence-corrected chi connectivity index (χ3v) is 3.29. The van der Waals surface area contributed by atoms with Crippen molar-refractivity contribution in [3.63, 3.8) is 0 Å². The molecular weight excluding hydrogens is 244 g/mol. The van der Waals surface area contributed by atoms with Gasteiger partial charge in [-0.3, -0.25) is 0 Å². The van der Waals surface area contributed by atoms with Crippen LogP contribution in [0.25, 0.3) is 0 Å². The molecule has 0 aromatic rings. The van der Waals surface area contributed by atoms with Gasteiger partial charge in [-0.1, -0.05) is 48.0 Å². The van der Waals surface area contributed by atoms with Crippen LogP contribution >= 0.6 is 0 Å². The first kappa shape index (κ1) is 22.2. The van der Waals surface area contributed by atoms with E-state index in [0.29, 0.717) is 5.41 Å². The number of rotatable bonds is 7. The Morgan fingerprint density at radius 3 is 1.80 bits per heavy atom. The second kappa shape index (κ2) is 10.6. The zero-order valence-electron chi connectivity index (χ0n) is 16.2. The van der Waals surface area contributed by atoms with Gasteiger partial charge in [-0.2, -0.15) is 0 Å². The highest BCUT2D eigenvalue weighted by molar-refractivity contribution is 4.62. The molecule has 0 rings (SSSR count). The quantitative estimate of drug-likeness (QED) is 0.623. The topological polar surface area (TPSA) is 3.24 Å². The maximum absolute atomic E-state index is 2.33. The van der Waals surface area contributed by atoms with E-state index in [2.05, 4.69) is 74.6 Å². The number of unbranched alkanes of at least 4 members (excludes halogenated alkanes) is 1. The largest absolute Gasteiger partial charge is 0.328 e. The predicted octanol–water partition coefficient (Wildman–Crippen LogP) is 4.50. The van der Waals surface area contributed by atoms with Gasteiger partial charge < -0.3 is 9.38 Å². The standard InChI is InChI=1S/C10H24N.C8H19N/c1-6-7-8-11(4,5)9-10(2)3;1-8(2,3)6-7-9(4)5/h10H,6-9H2,1-5H3;6-7H2,1-5H3/q+1;. The van der Waals surface area contributed by atoms with E-state index in [0.717, 1.165) is 5.92 Å². The van der Waals surface area contributed by atoms with Crippen molar-refractivity contribution >= 4 is 0 Å². The molecule has 0 saturated heterocycles. The van der Waals surface area contributed by atoms with Crippen molar-refractivity contribution in [2.75, 3.05) is 47.8 Å². The molecule has 0 aliphatic rings. The Balaban J connectivity index is 0. The molecule has 0 aliphatic heterocycles. The van der Waals surface area contributed by atoms with Gasteiger partial charge >= 0.3 is 0 Å². The Bertz CT molecular complexity index is 212. The minimum atomic E-state index is 0.490. The van der Waals surface area contributed by atoms with Gasteiger partial charge in [0.2, 0.25) is 0 Å². The van der Waals surface area contributed by atoms with Gasteiger partial charge in [-0.15, -0.1) is 0 Å². The van der Waals surface area contributed by atoms with Gasteiger partial charge in [0.05, 0.1) is 27.2 Å². The molecule has 0 bridgehead atoms. The van der Waals surface area contributed by atoms with Crippen molar-refractivity contribution in [3.8, 4) is 0 Å². The van der Waals surface area contributed by atoms with Crippen LogP contribution in [0.5, 0.6) is 0 Å². The Morgan fingerprint density at radius 1 is 1.05 bits per heavy atom. The first-order valence-corrected chi connectivity index (χ1v) is 8.36. The molecule has 0 N–H and O–H groups in total. The summed E-state index contributed by atoms with van der Waals surface area (Å²) in [7, 11) is 8.89. The molecule has 0 heterocycles. The Hall–Kier alpha value is -0.0800. The SMILES string of the molecule is CCCC[N+](C)(C)CC(C)C.CN(C)CCC(C)(C)C. The number of nitrogens with zero attached hydrogens (tertiary/aromatic N) is 2. The fraction of sp³-hybridized carbons (Fsp3) is 1.00. The highest BCUT2D eigenvalue weighted by Crippen LogP contribution is 2.17. The van der Waals surface area contributed by atoms with Crippen molar-refractivity contribution in [2.24, 2.45) is 11.3 Å². The minimum Gasteiger partial charge on any atom is -0.328 e. The van der Waals surface area contributed by atoms with Crippen LogP contribution in [-0.4, -0.2) is 57.2 Å². The molecule has 0 amide bonds. The van der Waals surface area contributed by atoms with Crippen molar-refractivity contribution in [1.29, 1.82) is 0 Å². The van der Waals surface area contributed by atoms with Crippen LogP contribution in [-0.2, 0) is 0 Å². The summed E-state index contributed by atoms with van der Waals surface area (Å²) in [4.78, 5) is 2.23. The van der Waals surface area contributed by atoms with Gasteiger partial charge in [-0.05, 0) is 38.9 Å². The van der Waals surface area contributed by atoms with Gasteiger partial charge in [-0.25, -0.2) is 0 Å². The van der Waals surface area contributed by atoms with E-state index in [1.54, 1.807) is 0 Å². The van der Waals surface area contributed by atoms with Crippen LogP contribution in [0, 0.1) is 11.3 Å². The van der Waals surface area contributed by atoms with E-state index in [1.165, 1.54) is 43.4 Å². The van der Waals surface area contributed by atoms with Gasteiger partial charge in [0, 0.05) is 5.92 Å². The lowest BCUT2D eigenvalue weighted by Crippen LogP contribution is -2.43. The van der Waals surface area contributed by atoms with Crippen LogP contribution in [0.2, 0.25) is 0 Å². The summed E-state index contributed by atoms with van der Waals surface area (Å²) in [5.41, 5.74) is 0.490. The fourth-order valence-corrected chi connectivity index (χ4v) is 2.22. The Kier molecular flexibility index (Phi) is 11.8. The van der Waals surface area contributed by atoms with E-state index in [9.17, 15) is 0 Å². The number of hydrogen-bond donors (Lipinski definition) is 0. The summed E-state index contributed by atoms with van der Waals surface area (Å²) in [5, 5.41) is 0. The summed E-state index contributed by atoms with van der Waals surface area (Å²) in [6, 6.07) is 0. The fourth-order valence-electron chi connectivity index (χ4n) is 2.22. The van der Waals surface area contributed by atoms with Crippen molar-refractivity contribution in [2.45, 2.75) is 60.8 Å². The molecule has 20 heavy (non-hydrogen) atoms. The number of hydrogen-bond acceptors (Lipinski definition) is 1. The van der Waals surface area contributed by atoms with E-state index >= 15 is 0 Å². The van der Waals surface area contributed by atoms with Gasteiger partial charge in [0.1, 0.15) is 0 Å². The maximum atomic E-state index is 2.33. The molecule has 0 aliphatic carbocycles. The lowest BCUT2D eigenvalue weighted by molar-refractivity contribution is -0.893. The molecule has 0 saturated carbocycles. The molecule has 0 unspecified atom stereocenters. The summed E-state index contributed by atoms with van der Waals surface area (Å²) >= 11 is 0. The summed E-state index contributed by atoms with van der Waals surface area (Å²) in [6.45, 7) is 17.5. The van der Waals surface area contributed by atoms with Crippen molar-refractivity contribution < 1.29 is 4.48 Å². The smallest absolute Gasteiger partial charge is 0.0805 e. The first-order chi connectivity index (χ1) is 8.89. The molecule has 124 valence electrons. The van der Waals surface area contributed by atoms with E-state index in [-0.39, 0.29) is 0 Å². The van der Waals surface area contributed by atoms with E-state index in [4.69, 9.17) is 0 Å². The van der Waals surface area contributed by atoms with Crippen LogP contribution in [0.15, 0.2) is 0 Å². The van der Waals surface area contributed by atoms with Crippen LogP contribution in [0.3, 0.4) is 0 Å². The summed E-state index contributed by atoms with van der Waals surface area (Å²) < 4.78 is 1.19. The predicted molar refractivity (Wildman–Crippen MR) is 94.2 cm³/mol. The minimum absolute atomic E-state index is 0.490. The van der Waals surface area contributed by atoms with E-state index < -0.39 is 0 Å². The van der Waals surface area contributed by atoms with Crippen molar-refractivity contribution in [3.05, 3.63) is 0 Å². The van der Waals surface area contributed by atoms with E-state index in [1.807, 2.05) is 0 Å². The first-order valence-electron chi connectivity index (χ1n) is 8.36. The zero-order chi connectivity index (χ0) is 16.4. The maximum Gasteiger partial charge on any atom is 0.0805 e. The molecule has 0 radical (unpaired) electrons. The highest BCUT2D eigenvalue weighted by atomic mass is 15.3. The molecule has 0 aromatic heterocycles. The third-order valence-electron chi connectivity index (χ3n) is 3.29. The summed E-state index contributed by atoms with van der Waals surface area (Å²) in [5.74, 6) is 0.821. The average molecular weight is 288 g/mol. The Morgan fingerprint density at radius 2 is 1.55 bits per heavy atom. The monoisotopic (exact) mass is 287 g/mol. The van der Waals surface area contributed by atoms with Gasteiger partial charge in [0.25, 0.3) is 0 Å². The molecule has 2 nitrogen and oxygen atoms in total. The third kappa shape index (κ3) is 20.2. The lowest BCUT2D eigenvalue weighted by atomic mass is 9.92. The molecular formula is C18H43N2+. The second-order valence-electron chi connectivity index (χ2n) is 8.70. The zero-order valence-corrected chi connectivity index (χ0v) is 16.2. The van der Waals surface area contributed by atoms with Crippen LogP contribution in [0.1, 0.15) is 60.8 Å². The Labute approximate surface area is 130 Å². The molecule has 0 fully saturated rings. The molecule has 0 spiro atoms. The molecule has 0 atom stereocenters. The molecule has 2 heteroatoms. The highest BCUT2D eigenvalue weighted by Gasteiger charge is 2.15. The normalized spacial score (nSPS) is 12.6. The van der Waals surface area contributed by atoms with Crippen LogP contribution in [0.4, 0.5) is 0 Å². The van der Waals surface area contributed by atoms with Crippen molar-refractivity contribution in [1.82, 2.24) is 4.90 Å². The number of quaternary nitrogens is 1. The van der Waals surface area contributed by atoms with Gasteiger partial charge in [0.15, 0.2) is 0 Å². The summed E-state index contributed by atoms with van der Waals surface area (Å²) in [6.07, 6.45) is 3.96. The van der Waals surface area contributed by atoms with Crippen LogP contribution < -0.4 is 0 Å².